The minimum atomic E-state index is -5.50. The van der Waals surface area contributed by atoms with Gasteiger partial charge in [0.1, 0.15) is 32.2 Å². The van der Waals surface area contributed by atoms with E-state index in [2.05, 4.69) is 4.52 Å². The molecule has 0 bridgehead atoms. The molecule has 0 spiro atoms. The van der Waals surface area contributed by atoms with E-state index in [0.29, 0.717) is 28.2 Å². The van der Waals surface area contributed by atoms with Crippen LogP contribution in [-0.2, 0) is 33.0 Å². The van der Waals surface area contributed by atoms with Gasteiger partial charge in [-0.1, -0.05) is 0 Å². The zero-order chi connectivity index (χ0) is 32.5. The normalized spacial score (nSPS) is 33.2. The molecular weight excluding hydrogens is 663 g/mol. The summed E-state index contributed by atoms with van der Waals surface area (Å²) >= 11 is 0. The minimum Gasteiger partial charge on any atom is -0.780 e. The average molecular weight is 703 g/mol. The number of carbonyl (C=O) groups excluding carboxylic acids is 1. The highest BCUT2D eigenvalue weighted by Gasteiger charge is 2.56. The molecule has 48 heavy (non-hydrogen) atoms. The van der Waals surface area contributed by atoms with Crippen molar-refractivity contribution in [1.29, 1.82) is 0 Å². The second kappa shape index (κ2) is 13.6. The summed E-state index contributed by atoms with van der Waals surface area (Å²) in [7, 11) is -2.99. The third kappa shape index (κ3) is 6.18. The molecule has 3 fully saturated rings. The quantitative estimate of drug-likeness (QED) is 0.227. The number of rotatable bonds is 7. The van der Waals surface area contributed by atoms with Gasteiger partial charge in [0.05, 0.1) is 39.5 Å². The summed E-state index contributed by atoms with van der Waals surface area (Å²) in [5.41, 5.74) is 1.57. The third-order valence-corrected chi connectivity index (χ3v) is 9.34. The molecule has 266 valence electrons. The Kier molecular flexibility index (Phi) is 10.2. The average Bonchev–Trinajstić information content (AvgIpc) is 3.64. The summed E-state index contributed by atoms with van der Waals surface area (Å²) < 4.78 is 67.5. The van der Waals surface area contributed by atoms with Crippen LogP contribution in [0.4, 0.5) is 0 Å². The maximum absolute atomic E-state index is 13.5. The maximum atomic E-state index is 13.5. The van der Waals surface area contributed by atoms with E-state index in [1.165, 1.54) is 26.4 Å². The number of methoxy groups -OCH3 is 2. The van der Waals surface area contributed by atoms with Gasteiger partial charge in [-0.15, -0.1) is 0 Å². The Balaban J connectivity index is 0.00000225. The van der Waals surface area contributed by atoms with Crippen LogP contribution in [0.15, 0.2) is 24.3 Å². The summed E-state index contributed by atoms with van der Waals surface area (Å²) in [5.74, 6) is -2.66. The number of phosphoric acid groups is 1. The van der Waals surface area contributed by atoms with E-state index in [-0.39, 0.29) is 43.8 Å². The number of ether oxygens (including phenoxy) is 9. The van der Waals surface area contributed by atoms with Gasteiger partial charge in [0.2, 0.25) is 12.5 Å². The van der Waals surface area contributed by atoms with E-state index < -0.39 is 80.4 Å². The van der Waals surface area contributed by atoms with Gasteiger partial charge in [-0.05, 0) is 47.9 Å². The Morgan fingerprint density at radius 3 is 2.17 bits per heavy atom. The van der Waals surface area contributed by atoms with Crippen molar-refractivity contribution in [2.45, 2.75) is 55.9 Å². The van der Waals surface area contributed by atoms with Gasteiger partial charge in [0.15, 0.2) is 35.6 Å². The second-order valence-electron chi connectivity index (χ2n) is 11.5. The van der Waals surface area contributed by atoms with Crippen LogP contribution in [-0.4, -0.2) is 87.4 Å². The fourth-order valence-corrected chi connectivity index (χ4v) is 7.33. The number of benzene rings is 2. The number of aliphatic hydroxyl groups is 2. The van der Waals surface area contributed by atoms with Crippen molar-refractivity contribution in [3.63, 3.8) is 0 Å². The number of aliphatic hydroxyl groups excluding tert-OH is 2. The smallest absolute Gasteiger partial charge is 0.310 e. The molecule has 0 aromatic heterocycles. The predicted octanol–water partition coefficient (Wildman–Crippen LogP) is 0.593. The first-order valence-electron chi connectivity index (χ1n) is 14.5. The van der Waals surface area contributed by atoms with Crippen LogP contribution in [0.1, 0.15) is 35.6 Å². The highest BCUT2D eigenvalue weighted by Crippen LogP contribution is 2.57. The van der Waals surface area contributed by atoms with Crippen LogP contribution in [0.5, 0.6) is 28.7 Å². The number of fused-ring (bicyclic) bond motifs is 4. The van der Waals surface area contributed by atoms with E-state index in [1.54, 1.807) is 19.1 Å². The van der Waals surface area contributed by atoms with Crippen molar-refractivity contribution in [3.8, 4) is 28.7 Å². The second-order valence-corrected chi connectivity index (χ2v) is 12.6. The Labute approximate surface area is 274 Å². The van der Waals surface area contributed by atoms with Gasteiger partial charge in [-0.2, -0.15) is 0 Å². The van der Waals surface area contributed by atoms with Crippen molar-refractivity contribution in [1.82, 2.24) is 12.3 Å². The van der Waals surface area contributed by atoms with Crippen LogP contribution in [0.2, 0.25) is 0 Å². The molecule has 4 heterocycles. The summed E-state index contributed by atoms with van der Waals surface area (Å²) in [6.45, 7) is 1.68. The third-order valence-electron chi connectivity index (χ3n) is 8.93. The molecule has 7 rings (SSSR count). The monoisotopic (exact) mass is 702 g/mol. The van der Waals surface area contributed by atoms with E-state index >= 15 is 0 Å². The zero-order valence-corrected chi connectivity index (χ0v) is 27.7. The van der Waals surface area contributed by atoms with Crippen LogP contribution in [0.25, 0.3) is 0 Å². The Morgan fingerprint density at radius 2 is 1.54 bits per heavy atom. The zero-order valence-electron chi connectivity index (χ0n) is 26.8. The van der Waals surface area contributed by atoms with Crippen LogP contribution >= 0.6 is 7.82 Å². The topological polar surface area (TPSA) is 286 Å². The number of phosphoric ester groups is 1. The van der Waals surface area contributed by atoms with Crippen molar-refractivity contribution >= 4 is 13.8 Å². The molecule has 0 unspecified atom stereocenters. The number of hydrogen-bond acceptors (Lipinski definition) is 16. The fourth-order valence-electron chi connectivity index (χ4n) is 6.92. The lowest BCUT2D eigenvalue weighted by atomic mass is 9.66. The van der Waals surface area contributed by atoms with Gasteiger partial charge < -0.3 is 84.0 Å². The van der Waals surface area contributed by atoms with Gasteiger partial charge in [0, 0.05) is 11.8 Å². The highest BCUT2D eigenvalue weighted by atomic mass is 31.2. The number of cyclic esters (lactones) is 1. The van der Waals surface area contributed by atoms with Crippen LogP contribution in [0, 0.1) is 11.8 Å². The lowest BCUT2D eigenvalue weighted by molar-refractivity contribution is -0.364. The first-order chi connectivity index (χ1) is 22.0. The molecule has 18 nitrogen and oxygen atoms in total. The fraction of sp³-hybridized carbons (Fsp3) is 0.552. The molecule has 5 aliphatic rings. The van der Waals surface area contributed by atoms with Gasteiger partial charge in [-0.3, -0.25) is 4.79 Å². The van der Waals surface area contributed by atoms with Crippen molar-refractivity contribution in [3.05, 3.63) is 41.0 Å². The molecule has 1 aliphatic carbocycles. The molecule has 0 amide bonds. The van der Waals surface area contributed by atoms with E-state index in [9.17, 15) is 29.4 Å². The molecule has 3 saturated heterocycles. The maximum Gasteiger partial charge on any atom is 0.310 e. The lowest BCUT2D eigenvalue weighted by Gasteiger charge is -2.47. The molecule has 2 aromatic rings. The van der Waals surface area contributed by atoms with E-state index in [4.69, 9.17) is 42.6 Å². The van der Waals surface area contributed by atoms with Gasteiger partial charge in [-0.25, -0.2) is 0 Å². The van der Waals surface area contributed by atoms with Crippen LogP contribution in [0.3, 0.4) is 0 Å². The first kappa shape index (κ1) is 36.0. The van der Waals surface area contributed by atoms with Crippen LogP contribution < -0.4 is 45.6 Å². The summed E-state index contributed by atoms with van der Waals surface area (Å²) in [6, 6.07) is 6.32. The molecular formula is C29H39N2O16P. The Morgan fingerprint density at radius 1 is 0.896 bits per heavy atom. The minimum absolute atomic E-state index is 0. The van der Waals surface area contributed by atoms with Crippen molar-refractivity contribution in [2.24, 2.45) is 11.8 Å². The molecule has 4 aliphatic heterocycles. The van der Waals surface area contributed by atoms with E-state index in [0.717, 1.165) is 0 Å². The van der Waals surface area contributed by atoms with Gasteiger partial charge >= 0.3 is 5.97 Å². The molecule has 19 heteroatoms. The van der Waals surface area contributed by atoms with Crippen molar-refractivity contribution < 1.29 is 76.5 Å². The number of hydrogen-bond donors (Lipinski definition) is 4. The molecule has 0 saturated carbocycles. The van der Waals surface area contributed by atoms with E-state index in [1.807, 2.05) is 0 Å². The molecule has 0 radical (unpaired) electrons. The summed E-state index contributed by atoms with van der Waals surface area (Å²) in [4.78, 5) is 36.5. The highest BCUT2D eigenvalue weighted by molar-refractivity contribution is 7.43. The standard InChI is InChI=1S/C29H33O16P.2H3N/c1-11-38-9-20-27(42-11)23(30)24(31)29(43-20)44-25-14-7-17-16(40-10-41-17)6-13(14)21(22-15(25)8-39-28(22)32)12-4-18(36-2)26(19(5-12)37-3)45-46(33,34)35;;/h4-7,11,15,20-25,27,29-31H,8-10H2,1-3H3,(H2,33,34,35);2*1H3/t11-,15+,20-,21-,22+,23-,24-,25-,27-,29+;;/m1../s1. The number of carbonyl (C=O) groups is 1. The van der Waals surface area contributed by atoms with Crippen molar-refractivity contribution in [2.75, 3.05) is 34.2 Å². The summed E-state index contributed by atoms with van der Waals surface area (Å²) in [6.07, 6.45) is -7.25. The SMILES string of the molecule is COc1cc([C@@H]2c3cc4c(cc3[C@@H](O[C@@H]3O[C@@H]5CO[C@@H](C)O[C@H]5[C@H](O)[C@H]3O)[C@H]3COC(=O)[C@H]23)OCO4)cc(OC)c1OP(=O)([O-])[O-].[NH4+].[NH4+]. The number of esters is 1. The Hall–Kier alpha value is -3.26. The molecule has 2 aromatic carbocycles. The predicted molar refractivity (Wildman–Crippen MR) is 157 cm³/mol. The molecule has 10 N–H and O–H groups in total. The largest absolute Gasteiger partial charge is 0.780 e. The Bertz CT molecular complexity index is 1540. The first-order valence-corrected chi connectivity index (χ1v) is 15.9. The van der Waals surface area contributed by atoms with Gasteiger partial charge in [0.25, 0.3) is 0 Å². The summed E-state index contributed by atoms with van der Waals surface area (Å²) in [5, 5.41) is 22.0. The molecule has 10 atom stereocenters. The number of quaternary nitrogens is 2. The lowest BCUT2D eigenvalue weighted by Crippen LogP contribution is -2.63.